The zero-order valence-electron chi connectivity index (χ0n) is 10.7. The largest absolute Gasteiger partial charge is 0.392 e. The summed E-state index contributed by atoms with van der Waals surface area (Å²) in [4.78, 5) is 3.18. The molecule has 0 spiro atoms. The maximum Gasteiger partial charge on any atom is 0.0901 e. The molecule has 0 amide bonds. The molecule has 0 aliphatic carbocycles. The van der Waals surface area contributed by atoms with Gasteiger partial charge in [0.15, 0.2) is 0 Å². The van der Waals surface area contributed by atoms with E-state index in [-0.39, 0.29) is 0 Å². The molecule has 0 aromatic carbocycles. The molecular weight excluding hydrogens is 216 g/mol. The Balaban J connectivity index is 2.48. The van der Waals surface area contributed by atoms with E-state index in [4.69, 9.17) is 18.0 Å². The Kier molecular flexibility index (Phi) is 6.29. The Morgan fingerprint density at radius 3 is 2.69 bits per heavy atom. The van der Waals surface area contributed by atoms with Crippen LogP contribution < -0.4 is 5.73 Å². The molecule has 1 rings (SSSR count). The van der Waals surface area contributed by atoms with Crippen molar-refractivity contribution in [1.29, 1.82) is 0 Å². The normalized spacial score (nSPS) is 25.0. The average Bonchev–Trinajstić information content (AvgIpc) is 2.46. The molecule has 2 N–H and O–H groups in total. The van der Waals surface area contributed by atoms with Crippen molar-refractivity contribution in [1.82, 2.24) is 4.90 Å². The van der Waals surface area contributed by atoms with Crippen LogP contribution in [0.2, 0.25) is 0 Å². The van der Waals surface area contributed by atoms with Crippen molar-refractivity contribution in [2.75, 3.05) is 13.1 Å². The predicted molar refractivity (Wildman–Crippen MR) is 74.7 cm³/mol. The second-order valence-corrected chi connectivity index (χ2v) is 5.42. The van der Waals surface area contributed by atoms with Gasteiger partial charge in [-0.05, 0) is 44.7 Å². The van der Waals surface area contributed by atoms with E-state index in [9.17, 15) is 0 Å². The summed E-state index contributed by atoms with van der Waals surface area (Å²) in [6.07, 6.45) is 7.78. The third kappa shape index (κ3) is 4.02. The molecular formula is C13H26N2S. The summed E-state index contributed by atoms with van der Waals surface area (Å²) in [5.74, 6) is 0.929. The van der Waals surface area contributed by atoms with Gasteiger partial charge in [0.2, 0.25) is 0 Å². The van der Waals surface area contributed by atoms with Crippen molar-refractivity contribution in [2.24, 2.45) is 11.7 Å². The zero-order chi connectivity index (χ0) is 12.0. The molecule has 2 atom stereocenters. The Hall–Kier alpha value is -0.150. The first-order valence-electron chi connectivity index (χ1n) is 6.72. The van der Waals surface area contributed by atoms with Crippen LogP contribution in [-0.4, -0.2) is 29.0 Å². The van der Waals surface area contributed by atoms with Crippen LogP contribution in [0.1, 0.15) is 52.4 Å². The molecule has 0 aromatic rings. The Morgan fingerprint density at radius 2 is 2.12 bits per heavy atom. The molecule has 1 saturated heterocycles. The highest BCUT2D eigenvalue weighted by Gasteiger charge is 2.23. The predicted octanol–water partition coefficient (Wildman–Crippen LogP) is 2.95. The van der Waals surface area contributed by atoms with Gasteiger partial charge in [-0.25, -0.2) is 0 Å². The maximum atomic E-state index is 5.81. The third-order valence-electron chi connectivity index (χ3n) is 3.74. The summed E-state index contributed by atoms with van der Waals surface area (Å²) in [7, 11) is 0. The van der Waals surface area contributed by atoms with E-state index in [1.807, 2.05) is 0 Å². The number of rotatable bonds is 5. The number of nitrogens with zero attached hydrogens (tertiary/aromatic N) is 1. The minimum Gasteiger partial charge on any atom is -0.392 e. The summed E-state index contributed by atoms with van der Waals surface area (Å²) in [6.45, 7) is 6.82. The molecule has 1 heterocycles. The Labute approximate surface area is 106 Å². The van der Waals surface area contributed by atoms with E-state index in [1.165, 1.54) is 45.2 Å². The van der Waals surface area contributed by atoms with Crippen LogP contribution in [0.5, 0.6) is 0 Å². The molecule has 2 nitrogen and oxygen atoms in total. The van der Waals surface area contributed by atoms with Gasteiger partial charge in [-0.2, -0.15) is 0 Å². The lowest BCUT2D eigenvalue weighted by atomic mass is 9.96. The summed E-state index contributed by atoms with van der Waals surface area (Å²) >= 11 is 5.16. The zero-order valence-corrected chi connectivity index (χ0v) is 11.6. The molecule has 1 aliphatic heterocycles. The highest BCUT2D eigenvalue weighted by Crippen LogP contribution is 2.23. The number of thiocarbonyl (C=S) groups is 1. The van der Waals surface area contributed by atoms with Gasteiger partial charge in [-0.1, -0.05) is 38.9 Å². The second-order valence-electron chi connectivity index (χ2n) is 4.95. The van der Waals surface area contributed by atoms with Crippen molar-refractivity contribution in [3.63, 3.8) is 0 Å². The third-order valence-corrected chi connectivity index (χ3v) is 4.01. The first-order valence-corrected chi connectivity index (χ1v) is 7.13. The fourth-order valence-electron chi connectivity index (χ4n) is 2.84. The van der Waals surface area contributed by atoms with Gasteiger partial charge in [-0.15, -0.1) is 0 Å². The van der Waals surface area contributed by atoms with Crippen LogP contribution in [0.25, 0.3) is 0 Å². The molecule has 0 radical (unpaired) electrons. The van der Waals surface area contributed by atoms with E-state index in [2.05, 4.69) is 18.7 Å². The summed E-state index contributed by atoms with van der Waals surface area (Å²) < 4.78 is 0. The molecule has 1 fully saturated rings. The van der Waals surface area contributed by atoms with Gasteiger partial charge in [0.25, 0.3) is 0 Å². The van der Waals surface area contributed by atoms with Gasteiger partial charge in [0.05, 0.1) is 11.0 Å². The van der Waals surface area contributed by atoms with Gasteiger partial charge >= 0.3 is 0 Å². The van der Waals surface area contributed by atoms with Crippen molar-refractivity contribution in [3.8, 4) is 0 Å². The van der Waals surface area contributed by atoms with E-state index in [1.54, 1.807) is 0 Å². The molecule has 94 valence electrons. The van der Waals surface area contributed by atoms with E-state index < -0.39 is 0 Å². The van der Waals surface area contributed by atoms with Crippen LogP contribution in [-0.2, 0) is 0 Å². The van der Waals surface area contributed by atoms with Crippen LogP contribution in [0.4, 0.5) is 0 Å². The molecule has 16 heavy (non-hydrogen) atoms. The van der Waals surface area contributed by atoms with E-state index in [0.717, 1.165) is 12.3 Å². The van der Waals surface area contributed by atoms with Crippen LogP contribution in [0, 0.1) is 5.92 Å². The number of hydrogen-bond acceptors (Lipinski definition) is 2. The molecule has 3 heteroatoms. The minimum absolute atomic E-state index is 0.329. The van der Waals surface area contributed by atoms with Crippen LogP contribution in [0.3, 0.4) is 0 Å². The number of likely N-dealkylation sites (tertiary alicyclic amines) is 1. The first kappa shape index (κ1) is 13.9. The SMILES string of the molecule is CCCC1CCCN(C(CC)C(N)=S)CC1. The van der Waals surface area contributed by atoms with Crippen molar-refractivity contribution < 1.29 is 0 Å². The standard InChI is InChI=1S/C13H26N2S/c1-3-6-11-7-5-9-15(10-8-11)12(4-2)13(14)16/h11-12H,3-10H2,1-2H3,(H2,14,16). The van der Waals surface area contributed by atoms with E-state index in [0.29, 0.717) is 11.0 Å². The first-order chi connectivity index (χ1) is 7.69. The van der Waals surface area contributed by atoms with Crippen LogP contribution in [0.15, 0.2) is 0 Å². The lowest BCUT2D eigenvalue weighted by Gasteiger charge is -2.28. The van der Waals surface area contributed by atoms with Crippen molar-refractivity contribution in [2.45, 2.75) is 58.4 Å². The van der Waals surface area contributed by atoms with Crippen molar-refractivity contribution >= 4 is 17.2 Å². The highest BCUT2D eigenvalue weighted by atomic mass is 32.1. The van der Waals surface area contributed by atoms with Gasteiger partial charge in [0, 0.05) is 0 Å². The lowest BCUT2D eigenvalue weighted by molar-refractivity contribution is 0.243. The van der Waals surface area contributed by atoms with Gasteiger partial charge in [0.1, 0.15) is 0 Å². The molecule has 0 saturated carbocycles. The summed E-state index contributed by atoms with van der Waals surface area (Å²) in [5.41, 5.74) is 5.81. The van der Waals surface area contributed by atoms with Gasteiger partial charge in [-0.3, -0.25) is 4.90 Å². The molecule has 2 unspecified atom stereocenters. The Bertz CT molecular complexity index is 218. The second kappa shape index (κ2) is 7.23. The Morgan fingerprint density at radius 1 is 1.38 bits per heavy atom. The minimum atomic E-state index is 0.329. The molecule has 0 aromatic heterocycles. The summed E-state index contributed by atoms with van der Waals surface area (Å²) in [5, 5.41) is 0. The van der Waals surface area contributed by atoms with Crippen molar-refractivity contribution in [3.05, 3.63) is 0 Å². The highest BCUT2D eigenvalue weighted by molar-refractivity contribution is 7.80. The fraction of sp³-hybridized carbons (Fsp3) is 0.923. The van der Waals surface area contributed by atoms with Gasteiger partial charge < -0.3 is 5.73 Å². The lowest BCUT2D eigenvalue weighted by Crippen LogP contribution is -2.43. The summed E-state index contributed by atoms with van der Waals surface area (Å²) in [6, 6.07) is 0.329. The fourth-order valence-corrected chi connectivity index (χ4v) is 3.15. The monoisotopic (exact) mass is 242 g/mol. The molecule has 0 bridgehead atoms. The quantitative estimate of drug-likeness (QED) is 0.752. The maximum absolute atomic E-state index is 5.81. The van der Waals surface area contributed by atoms with Crippen LogP contribution >= 0.6 is 12.2 Å². The van der Waals surface area contributed by atoms with E-state index >= 15 is 0 Å². The topological polar surface area (TPSA) is 29.3 Å². The number of nitrogens with two attached hydrogens (primary N) is 1. The average molecular weight is 242 g/mol. The number of hydrogen-bond donors (Lipinski definition) is 1. The smallest absolute Gasteiger partial charge is 0.0901 e. The molecule has 1 aliphatic rings.